The fraction of sp³-hybridized carbons (Fsp3) is 0.571. The van der Waals surface area contributed by atoms with Crippen molar-refractivity contribution < 1.29 is 9.50 Å². The Labute approximate surface area is 107 Å². The van der Waals surface area contributed by atoms with E-state index < -0.39 is 5.60 Å². The van der Waals surface area contributed by atoms with E-state index in [1.807, 2.05) is 0 Å². The van der Waals surface area contributed by atoms with Crippen LogP contribution in [0.2, 0.25) is 5.02 Å². The first-order chi connectivity index (χ1) is 7.89. The van der Waals surface area contributed by atoms with Crippen molar-refractivity contribution in [3.8, 4) is 0 Å². The molecule has 0 aliphatic heterocycles. The first kappa shape index (κ1) is 12.8. The Morgan fingerprint density at radius 1 is 1.47 bits per heavy atom. The van der Waals surface area contributed by atoms with Crippen LogP contribution in [0.25, 0.3) is 0 Å². The van der Waals surface area contributed by atoms with Crippen molar-refractivity contribution in [2.45, 2.75) is 38.7 Å². The molecule has 0 bridgehead atoms. The molecule has 1 N–H and O–H groups in total. The summed E-state index contributed by atoms with van der Waals surface area (Å²) in [6.07, 6.45) is 2.03. The zero-order valence-electron chi connectivity index (χ0n) is 10.2. The highest BCUT2D eigenvalue weighted by atomic mass is 35.5. The molecule has 1 aliphatic carbocycles. The molecule has 1 nitrogen and oxygen atoms in total. The molecular weight excluding hydrogens is 239 g/mol. The van der Waals surface area contributed by atoms with Crippen LogP contribution in [0.3, 0.4) is 0 Å². The van der Waals surface area contributed by atoms with Crippen LogP contribution in [0.15, 0.2) is 18.2 Å². The summed E-state index contributed by atoms with van der Waals surface area (Å²) >= 11 is 6.00. The molecule has 1 aliphatic rings. The first-order valence-corrected chi connectivity index (χ1v) is 6.44. The molecule has 0 atom stereocenters. The van der Waals surface area contributed by atoms with Crippen molar-refractivity contribution in [3.05, 3.63) is 34.6 Å². The zero-order chi connectivity index (χ0) is 12.6. The number of halogens is 2. The first-order valence-electron chi connectivity index (χ1n) is 6.06. The van der Waals surface area contributed by atoms with Gasteiger partial charge in [0.15, 0.2) is 0 Å². The largest absolute Gasteiger partial charge is 0.390 e. The maximum Gasteiger partial charge on any atom is 0.123 e. The fourth-order valence-corrected chi connectivity index (χ4v) is 2.75. The van der Waals surface area contributed by atoms with Crippen LogP contribution in [-0.2, 0) is 6.42 Å². The molecule has 0 saturated heterocycles. The Kier molecular flexibility index (Phi) is 3.46. The second-order valence-corrected chi connectivity index (χ2v) is 5.96. The lowest BCUT2D eigenvalue weighted by Crippen LogP contribution is -2.47. The van der Waals surface area contributed by atoms with E-state index in [-0.39, 0.29) is 5.82 Å². The Morgan fingerprint density at radius 3 is 2.71 bits per heavy atom. The number of rotatable bonds is 3. The number of benzene rings is 1. The summed E-state index contributed by atoms with van der Waals surface area (Å²) in [4.78, 5) is 0. The van der Waals surface area contributed by atoms with Crippen LogP contribution >= 0.6 is 11.6 Å². The van der Waals surface area contributed by atoms with Crippen LogP contribution in [0.1, 0.15) is 32.3 Å². The van der Waals surface area contributed by atoms with Gasteiger partial charge in [0, 0.05) is 11.4 Å². The molecule has 2 rings (SSSR count). The fourth-order valence-electron chi connectivity index (χ4n) is 2.57. The lowest BCUT2D eigenvalue weighted by Gasteiger charge is -2.46. The van der Waals surface area contributed by atoms with Gasteiger partial charge < -0.3 is 5.11 Å². The van der Waals surface area contributed by atoms with Gasteiger partial charge in [0.1, 0.15) is 5.82 Å². The third-order valence-corrected chi connectivity index (χ3v) is 4.12. The van der Waals surface area contributed by atoms with Gasteiger partial charge in [0.25, 0.3) is 0 Å². The lowest BCUT2D eigenvalue weighted by molar-refractivity contribution is -0.0860. The van der Waals surface area contributed by atoms with Crippen molar-refractivity contribution in [2.24, 2.45) is 11.8 Å². The van der Waals surface area contributed by atoms with Crippen LogP contribution in [-0.4, -0.2) is 10.7 Å². The van der Waals surface area contributed by atoms with E-state index >= 15 is 0 Å². The second kappa shape index (κ2) is 4.58. The van der Waals surface area contributed by atoms with Gasteiger partial charge in [0.05, 0.1) is 5.60 Å². The standard InChI is InChI=1S/C14H18ClFO/c1-9(2)11-7-14(17,8-11)6-10-5-12(16)3-4-13(10)15/h3-5,9,11,17H,6-8H2,1-2H3. The number of hydrogen-bond donors (Lipinski definition) is 1. The van der Waals surface area contributed by atoms with Gasteiger partial charge in [-0.2, -0.15) is 0 Å². The molecule has 0 spiro atoms. The van der Waals surface area contributed by atoms with Crippen molar-refractivity contribution in [1.29, 1.82) is 0 Å². The molecule has 3 heteroatoms. The molecule has 94 valence electrons. The van der Waals surface area contributed by atoms with Crippen molar-refractivity contribution >= 4 is 11.6 Å². The Balaban J connectivity index is 2.05. The van der Waals surface area contributed by atoms with E-state index in [9.17, 15) is 9.50 Å². The molecule has 0 heterocycles. The molecule has 0 radical (unpaired) electrons. The molecular formula is C14H18ClFO. The average Bonchev–Trinajstić information content (AvgIpc) is 2.19. The molecule has 1 aromatic carbocycles. The Hall–Kier alpha value is -0.600. The van der Waals surface area contributed by atoms with E-state index in [4.69, 9.17) is 11.6 Å². The van der Waals surface area contributed by atoms with Gasteiger partial charge in [0.2, 0.25) is 0 Å². The summed E-state index contributed by atoms with van der Waals surface area (Å²) < 4.78 is 13.1. The highest BCUT2D eigenvalue weighted by molar-refractivity contribution is 6.31. The quantitative estimate of drug-likeness (QED) is 0.872. The monoisotopic (exact) mass is 256 g/mol. The van der Waals surface area contributed by atoms with Crippen molar-refractivity contribution in [1.82, 2.24) is 0 Å². The van der Waals surface area contributed by atoms with Gasteiger partial charge in [-0.05, 0) is 48.4 Å². The zero-order valence-corrected chi connectivity index (χ0v) is 11.0. The van der Waals surface area contributed by atoms with E-state index in [0.29, 0.717) is 28.8 Å². The summed E-state index contributed by atoms with van der Waals surface area (Å²) in [5.41, 5.74) is 0.0168. The predicted octanol–water partition coefficient (Wildman–Crippen LogP) is 3.82. The summed E-state index contributed by atoms with van der Waals surface area (Å²) in [5, 5.41) is 10.9. The van der Waals surface area contributed by atoms with Crippen LogP contribution < -0.4 is 0 Å². The third-order valence-electron chi connectivity index (χ3n) is 3.75. The predicted molar refractivity (Wildman–Crippen MR) is 67.6 cm³/mol. The minimum atomic E-state index is -0.688. The van der Waals surface area contributed by atoms with Crippen LogP contribution in [0.4, 0.5) is 4.39 Å². The Bertz CT molecular complexity index is 411. The minimum Gasteiger partial charge on any atom is -0.390 e. The molecule has 1 aromatic rings. The van der Waals surface area contributed by atoms with E-state index in [0.717, 1.165) is 12.8 Å². The SMILES string of the molecule is CC(C)C1CC(O)(Cc2cc(F)ccc2Cl)C1. The van der Waals surface area contributed by atoms with Gasteiger partial charge in [-0.1, -0.05) is 25.4 Å². The Morgan fingerprint density at radius 2 is 2.12 bits per heavy atom. The van der Waals surface area contributed by atoms with E-state index in [1.54, 1.807) is 6.07 Å². The molecule has 1 saturated carbocycles. The summed E-state index contributed by atoms with van der Waals surface area (Å²) in [6.45, 7) is 4.33. The second-order valence-electron chi connectivity index (χ2n) is 5.55. The number of aliphatic hydroxyl groups is 1. The lowest BCUT2D eigenvalue weighted by atomic mass is 9.64. The number of hydrogen-bond acceptors (Lipinski definition) is 1. The highest BCUT2D eigenvalue weighted by Gasteiger charge is 2.43. The normalized spacial score (nSPS) is 28.2. The maximum absolute atomic E-state index is 13.1. The van der Waals surface area contributed by atoms with Crippen molar-refractivity contribution in [2.75, 3.05) is 0 Å². The maximum atomic E-state index is 13.1. The molecule has 0 aromatic heterocycles. The van der Waals surface area contributed by atoms with Gasteiger partial charge in [-0.3, -0.25) is 0 Å². The van der Waals surface area contributed by atoms with Gasteiger partial charge >= 0.3 is 0 Å². The van der Waals surface area contributed by atoms with E-state index in [2.05, 4.69) is 13.8 Å². The van der Waals surface area contributed by atoms with Crippen LogP contribution in [0, 0.1) is 17.7 Å². The van der Waals surface area contributed by atoms with Gasteiger partial charge in [-0.25, -0.2) is 4.39 Å². The van der Waals surface area contributed by atoms with E-state index in [1.165, 1.54) is 12.1 Å². The molecule has 17 heavy (non-hydrogen) atoms. The third kappa shape index (κ3) is 2.80. The summed E-state index contributed by atoms with van der Waals surface area (Å²) in [7, 11) is 0. The highest BCUT2D eigenvalue weighted by Crippen LogP contribution is 2.44. The van der Waals surface area contributed by atoms with Crippen LogP contribution in [0.5, 0.6) is 0 Å². The molecule has 0 amide bonds. The summed E-state index contributed by atoms with van der Waals surface area (Å²) in [6, 6.07) is 4.31. The molecule has 0 unspecified atom stereocenters. The van der Waals surface area contributed by atoms with Gasteiger partial charge in [-0.15, -0.1) is 0 Å². The topological polar surface area (TPSA) is 20.2 Å². The average molecular weight is 257 g/mol. The molecule has 1 fully saturated rings. The summed E-state index contributed by atoms with van der Waals surface area (Å²) in [5.74, 6) is 0.873. The van der Waals surface area contributed by atoms with Crippen molar-refractivity contribution in [3.63, 3.8) is 0 Å². The smallest absolute Gasteiger partial charge is 0.123 e. The minimum absolute atomic E-state index is 0.298.